The van der Waals surface area contributed by atoms with Crippen LogP contribution in [-0.4, -0.2) is 89.5 Å². The molecule has 0 unspecified atom stereocenters. The maximum absolute atomic E-state index is 13.4. The van der Waals surface area contributed by atoms with Crippen molar-refractivity contribution >= 4 is 39.3 Å². The van der Waals surface area contributed by atoms with Gasteiger partial charge in [0.25, 0.3) is 0 Å². The Morgan fingerprint density at radius 3 is 2.61 bits per heavy atom. The number of methoxy groups -OCH3 is 3. The minimum Gasteiger partial charge on any atom is -0.497 e. The van der Waals surface area contributed by atoms with Gasteiger partial charge in [-0.05, 0) is 61.7 Å². The van der Waals surface area contributed by atoms with Crippen molar-refractivity contribution in [1.82, 2.24) is 24.6 Å². The van der Waals surface area contributed by atoms with Crippen molar-refractivity contribution in [3.8, 4) is 11.5 Å². The molecular formula is C30H39BrN6O7. The number of nitrogens with one attached hydrogen (secondary N) is 2. The largest absolute Gasteiger partial charge is 0.497 e. The molecule has 13 nitrogen and oxygen atoms in total. The molecule has 2 N–H and O–H groups in total. The van der Waals surface area contributed by atoms with Gasteiger partial charge in [-0.25, -0.2) is 14.8 Å². The molecule has 1 aliphatic carbocycles. The Morgan fingerprint density at radius 1 is 1.18 bits per heavy atom. The summed E-state index contributed by atoms with van der Waals surface area (Å²) in [5.74, 6) is 2.31. The number of aromatic nitrogens is 3. The number of rotatable bonds is 10. The number of nitrogens with zero attached hydrogens (tertiary/aromatic N) is 4. The molecule has 14 heteroatoms. The summed E-state index contributed by atoms with van der Waals surface area (Å²) in [5.41, 5.74) is 0.257. The summed E-state index contributed by atoms with van der Waals surface area (Å²) >= 11 is 3.61. The molecule has 1 saturated heterocycles. The summed E-state index contributed by atoms with van der Waals surface area (Å²) in [6.07, 6.45) is 3.85. The highest BCUT2D eigenvalue weighted by Crippen LogP contribution is 2.37. The van der Waals surface area contributed by atoms with Crippen molar-refractivity contribution in [2.75, 3.05) is 46.3 Å². The predicted octanol–water partition coefficient (Wildman–Crippen LogP) is 4.09. The van der Waals surface area contributed by atoms with Crippen LogP contribution in [0.3, 0.4) is 0 Å². The molecule has 2 aliphatic rings. The van der Waals surface area contributed by atoms with Crippen LogP contribution in [0.4, 0.5) is 10.6 Å². The number of hydrogen-bond acceptors (Lipinski definition) is 11. The summed E-state index contributed by atoms with van der Waals surface area (Å²) in [5, 5.41) is 6.70. The first kappa shape index (κ1) is 31.8. The van der Waals surface area contributed by atoms with Crippen LogP contribution in [0.25, 0.3) is 5.52 Å². The highest BCUT2D eigenvalue weighted by molar-refractivity contribution is 9.10. The van der Waals surface area contributed by atoms with E-state index in [9.17, 15) is 9.59 Å². The van der Waals surface area contributed by atoms with Gasteiger partial charge in [-0.3, -0.25) is 19.4 Å². The zero-order valence-electron chi connectivity index (χ0n) is 25.8. The Kier molecular flexibility index (Phi) is 9.23. The number of halogens is 1. The van der Waals surface area contributed by atoms with E-state index in [0.29, 0.717) is 53.7 Å². The van der Waals surface area contributed by atoms with Crippen LogP contribution >= 0.6 is 15.9 Å². The summed E-state index contributed by atoms with van der Waals surface area (Å²) in [4.78, 5) is 36.7. The Morgan fingerprint density at radius 2 is 1.95 bits per heavy atom. The lowest BCUT2D eigenvalue weighted by atomic mass is 10.1. The molecule has 1 amide bonds. The first-order valence-corrected chi connectivity index (χ1v) is 15.2. The molecule has 2 aromatic heterocycles. The molecule has 1 saturated carbocycles. The number of imidazole rings is 1. The average Bonchev–Trinajstić information content (AvgIpc) is 3.73. The zero-order chi connectivity index (χ0) is 31.6. The third-order valence-electron chi connectivity index (χ3n) is 7.69. The van der Waals surface area contributed by atoms with Crippen LogP contribution in [0.1, 0.15) is 51.1 Å². The highest BCUT2D eigenvalue weighted by Gasteiger charge is 2.51. The van der Waals surface area contributed by atoms with E-state index in [2.05, 4.69) is 31.5 Å². The highest BCUT2D eigenvalue weighted by atomic mass is 79.9. The number of ether oxygens (including phenoxy) is 5. The van der Waals surface area contributed by atoms with E-state index in [-0.39, 0.29) is 25.2 Å². The van der Waals surface area contributed by atoms with Crippen molar-refractivity contribution in [2.24, 2.45) is 0 Å². The van der Waals surface area contributed by atoms with E-state index in [4.69, 9.17) is 28.7 Å². The molecule has 1 aliphatic heterocycles. The van der Waals surface area contributed by atoms with Gasteiger partial charge in [0, 0.05) is 37.1 Å². The Balaban J connectivity index is 1.37. The van der Waals surface area contributed by atoms with E-state index >= 15 is 0 Å². The number of anilines is 1. The van der Waals surface area contributed by atoms with Crippen molar-refractivity contribution in [2.45, 2.75) is 63.4 Å². The molecular weight excluding hydrogens is 636 g/mol. The van der Waals surface area contributed by atoms with Gasteiger partial charge in [0.2, 0.25) is 0 Å². The molecule has 3 aromatic rings. The fourth-order valence-corrected chi connectivity index (χ4v) is 5.77. The maximum Gasteiger partial charge on any atom is 0.410 e. The van der Waals surface area contributed by atoms with Gasteiger partial charge in [0.05, 0.1) is 40.5 Å². The van der Waals surface area contributed by atoms with Gasteiger partial charge < -0.3 is 29.0 Å². The van der Waals surface area contributed by atoms with Gasteiger partial charge in [0.15, 0.2) is 5.82 Å². The molecule has 3 heterocycles. The van der Waals surface area contributed by atoms with Crippen molar-refractivity contribution < 1.29 is 33.3 Å². The predicted molar refractivity (Wildman–Crippen MR) is 165 cm³/mol. The third kappa shape index (κ3) is 6.71. The minimum atomic E-state index is -0.707. The van der Waals surface area contributed by atoms with E-state index in [1.807, 2.05) is 49.6 Å². The van der Waals surface area contributed by atoms with Crippen LogP contribution < -0.4 is 20.1 Å². The normalized spacial score (nSPS) is 19.4. The standard InChI is InChI=1S/C30H39BrN6O7/c1-29(2,3)44-28(39)37-16-22(43-17-19(37)15-34-30(9-10-30)27(38)42-6)26-35-24(31)23-25(32-11-12-36(23)26)33-14-18-7-8-20(40-4)13-21(18)41-5/h7-8,11-13,19,22,34H,9-10,14-17H2,1-6H3,(H,32,33)/t19-,22-/m1/s1. The van der Waals surface area contributed by atoms with Gasteiger partial charge in [0.1, 0.15) is 44.7 Å². The summed E-state index contributed by atoms with van der Waals surface area (Å²) in [7, 11) is 4.61. The van der Waals surface area contributed by atoms with E-state index < -0.39 is 23.3 Å². The van der Waals surface area contributed by atoms with Crippen LogP contribution in [-0.2, 0) is 25.5 Å². The number of fused-ring (bicyclic) bond motifs is 1. The SMILES string of the molecule is COC(=O)C1(NC[C@@H]2CO[C@@H](c3nc(Br)c4c(NCc5ccc(OC)cc5OC)nccn34)CN2C(=O)OC(C)(C)C)CC1. The van der Waals surface area contributed by atoms with Gasteiger partial charge in [-0.15, -0.1) is 0 Å². The molecule has 44 heavy (non-hydrogen) atoms. The Bertz CT molecular complexity index is 1520. The minimum absolute atomic E-state index is 0.201. The van der Waals surface area contributed by atoms with Gasteiger partial charge in [-0.1, -0.05) is 0 Å². The Hall–Kier alpha value is -3.62. The second-order valence-electron chi connectivity index (χ2n) is 11.8. The molecule has 238 valence electrons. The first-order chi connectivity index (χ1) is 21.0. The van der Waals surface area contributed by atoms with Crippen molar-refractivity contribution in [3.05, 3.63) is 46.6 Å². The number of morpholine rings is 1. The van der Waals surface area contributed by atoms with E-state index in [1.165, 1.54) is 7.11 Å². The lowest BCUT2D eigenvalue weighted by Gasteiger charge is -2.40. The molecule has 1 aromatic carbocycles. The average molecular weight is 676 g/mol. The fraction of sp³-hybridized carbons (Fsp3) is 0.533. The lowest BCUT2D eigenvalue weighted by molar-refractivity contribution is -0.144. The summed E-state index contributed by atoms with van der Waals surface area (Å²) in [6.45, 7) is 6.69. The smallest absolute Gasteiger partial charge is 0.410 e. The van der Waals surface area contributed by atoms with Crippen LogP contribution in [0, 0.1) is 0 Å². The zero-order valence-corrected chi connectivity index (χ0v) is 27.4. The van der Waals surface area contributed by atoms with E-state index in [1.54, 1.807) is 25.3 Å². The van der Waals surface area contributed by atoms with Gasteiger partial charge >= 0.3 is 12.1 Å². The first-order valence-electron chi connectivity index (χ1n) is 14.4. The maximum atomic E-state index is 13.4. The molecule has 0 spiro atoms. The van der Waals surface area contributed by atoms with Crippen LogP contribution in [0.15, 0.2) is 35.2 Å². The topological polar surface area (TPSA) is 138 Å². The molecule has 0 radical (unpaired) electrons. The number of esters is 1. The fourth-order valence-electron chi connectivity index (χ4n) is 5.21. The van der Waals surface area contributed by atoms with Gasteiger partial charge in [-0.2, -0.15) is 0 Å². The molecule has 5 rings (SSSR count). The number of carbonyl (C=O) groups excluding carboxylic acids is 2. The van der Waals surface area contributed by atoms with Crippen molar-refractivity contribution in [1.29, 1.82) is 0 Å². The monoisotopic (exact) mass is 674 g/mol. The van der Waals surface area contributed by atoms with E-state index in [0.717, 1.165) is 11.1 Å². The number of amides is 1. The quantitative estimate of drug-likeness (QED) is 0.301. The second kappa shape index (κ2) is 12.8. The third-order valence-corrected chi connectivity index (χ3v) is 8.24. The number of hydrogen-bond donors (Lipinski definition) is 2. The Labute approximate surface area is 264 Å². The summed E-state index contributed by atoms with van der Waals surface area (Å²) in [6, 6.07) is 5.28. The summed E-state index contributed by atoms with van der Waals surface area (Å²) < 4.78 is 30.4. The second-order valence-corrected chi connectivity index (χ2v) is 12.6. The lowest BCUT2D eigenvalue weighted by Crippen LogP contribution is -2.57. The number of benzene rings is 1. The molecule has 0 bridgehead atoms. The number of carbonyl (C=O) groups is 2. The van der Waals surface area contributed by atoms with Crippen LogP contribution in [0.5, 0.6) is 11.5 Å². The molecule has 2 fully saturated rings. The molecule has 2 atom stereocenters. The van der Waals surface area contributed by atoms with Crippen LogP contribution in [0.2, 0.25) is 0 Å². The van der Waals surface area contributed by atoms with Crippen molar-refractivity contribution in [3.63, 3.8) is 0 Å².